The first-order valence-electron chi connectivity index (χ1n) is 7.66. The second kappa shape index (κ2) is 12.2. The van der Waals surface area contributed by atoms with Gasteiger partial charge in [-0.3, -0.25) is 14.4 Å². The van der Waals surface area contributed by atoms with Crippen molar-refractivity contribution in [3.63, 3.8) is 0 Å². The average Bonchev–Trinajstić information content (AvgIpc) is 2.45. The molecule has 9 nitrogen and oxygen atoms in total. The minimum Gasteiger partial charge on any atom is -0.481 e. The predicted octanol–water partition coefficient (Wildman–Crippen LogP) is -0.170. The molecule has 1 atom stereocenters. The van der Waals surface area contributed by atoms with Crippen LogP contribution in [0.15, 0.2) is 0 Å². The number of unbranched alkanes of at least 4 members (excludes halogenated alkanes) is 3. The van der Waals surface area contributed by atoms with Crippen LogP contribution in [0.1, 0.15) is 51.4 Å². The van der Waals surface area contributed by atoms with E-state index in [9.17, 15) is 19.2 Å². The van der Waals surface area contributed by atoms with Gasteiger partial charge in [0.1, 0.15) is 6.04 Å². The second-order valence-electron chi connectivity index (χ2n) is 5.26. The second-order valence-corrected chi connectivity index (χ2v) is 5.26. The van der Waals surface area contributed by atoms with Crippen molar-refractivity contribution in [3.05, 3.63) is 0 Å². The standard InChI is InChI=1S/C14H26N4O5/c15-13(22)10(6-5-9-17-14(16)23)18-11(19)7-3-1-2-4-8-12(20)21/h10H,1-9H2,(H2,15,22)(H,18,19)(H,20,21)(H3,16,17,23). The molecule has 0 aromatic heterocycles. The predicted molar refractivity (Wildman–Crippen MR) is 83.3 cm³/mol. The van der Waals surface area contributed by atoms with E-state index in [4.69, 9.17) is 16.6 Å². The van der Waals surface area contributed by atoms with E-state index in [-0.39, 0.29) is 18.7 Å². The summed E-state index contributed by atoms with van der Waals surface area (Å²) < 4.78 is 0. The Morgan fingerprint density at radius 2 is 1.52 bits per heavy atom. The zero-order chi connectivity index (χ0) is 17.7. The Morgan fingerprint density at radius 3 is 2.04 bits per heavy atom. The summed E-state index contributed by atoms with van der Waals surface area (Å²) in [5.41, 5.74) is 10.1. The Labute approximate surface area is 135 Å². The molecule has 0 heterocycles. The van der Waals surface area contributed by atoms with Crippen LogP contribution < -0.4 is 22.1 Å². The number of primary amides is 2. The van der Waals surface area contributed by atoms with Crippen LogP contribution in [0.3, 0.4) is 0 Å². The Kier molecular flexibility index (Phi) is 11.0. The molecule has 0 radical (unpaired) electrons. The van der Waals surface area contributed by atoms with Crippen LogP contribution in [0.5, 0.6) is 0 Å². The molecule has 4 amide bonds. The summed E-state index contributed by atoms with van der Waals surface area (Å²) in [6.45, 7) is 0.304. The Morgan fingerprint density at radius 1 is 0.913 bits per heavy atom. The average molecular weight is 330 g/mol. The van der Waals surface area contributed by atoms with Crippen molar-refractivity contribution < 1.29 is 24.3 Å². The summed E-state index contributed by atoms with van der Waals surface area (Å²) in [5, 5.41) is 13.4. The van der Waals surface area contributed by atoms with Crippen molar-refractivity contribution in [1.82, 2.24) is 10.6 Å². The smallest absolute Gasteiger partial charge is 0.312 e. The van der Waals surface area contributed by atoms with Gasteiger partial charge in [0.05, 0.1) is 0 Å². The van der Waals surface area contributed by atoms with Gasteiger partial charge in [0, 0.05) is 19.4 Å². The largest absolute Gasteiger partial charge is 0.481 e. The molecule has 0 spiro atoms. The first kappa shape index (κ1) is 20.7. The highest BCUT2D eigenvalue weighted by molar-refractivity contribution is 5.86. The van der Waals surface area contributed by atoms with Crippen LogP contribution in [-0.4, -0.2) is 41.5 Å². The van der Waals surface area contributed by atoms with E-state index in [0.717, 1.165) is 12.8 Å². The van der Waals surface area contributed by atoms with Crippen molar-refractivity contribution in [1.29, 1.82) is 0 Å². The lowest BCUT2D eigenvalue weighted by molar-refractivity contribution is -0.137. The highest BCUT2D eigenvalue weighted by atomic mass is 16.4. The lowest BCUT2D eigenvalue weighted by Crippen LogP contribution is -2.44. The number of carbonyl (C=O) groups is 4. The zero-order valence-corrected chi connectivity index (χ0v) is 13.2. The number of hydrogen-bond acceptors (Lipinski definition) is 4. The van der Waals surface area contributed by atoms with E-state index >= 15 is 0 Å². The maximum atomic E-state index is 11.7. The van der Waals surface area contributed by atoms with Gasteiger partial charge >= 0.3 is 12.0 Å². The molecular formula is C14H26N4O5. The molecule has 7 N–H and O–H groups in total. The number of urea groups is 1. The minimum atomic E-state index is -0.821. The Hall–Kier alpha value is -2.32. The van der Waals surface area contributed by atoms with Gasteiger partial charge in [0.2, 0.25) is 11.8 Å². The molecule has 0 rings (SSSR count). The molecular weight excluding hydrogens is 304 g/mol. The number of aliphatic carboxylic acids is 1. The van der Waals surface area contributed by atoms with E-state index in [1.54, 1.807) is 0 Å². The zero-order valence-electron chi connectivity index (χ0n) is 13.2. The van der Waals surface area contributed by atoms with Crippen LogP contribution in [0, 0.1) is 0 Å². The molecule has 0 saturated carbocycles. The summed E-state index contributed by atoms with van der Waals surface area (Å²) in [6, 6.07) is -1.42. The summed E-state index contributed by atoms with van der Waals surface area (Å²) in [4.78, 5) is 43.9. The molecule has 0 aromatic rings. The molecule has 0 bridgehead atoms. The number of rotatable bonds is 13. The van der Waals surface area contributed by atoms with Crippen molar-refractivity contribution in [2.75, 3.05) is 6.54 Å². The Bertz CT molecular complexity index is 414. The van der Waals surface area contributed by atoms with E-state index in [1.807, 2.05) is 0 Å². The van der Waals surface area contributed by atoms with Gasteiger partial charge in [0.25, 0.3) is 0 Å². The molecule has 0 aliphatic rings. The fourth-order valence-electron chi connectivity index (χ4n) is 1.99. The van der Waals surface area contributed by atoms with E-state index in [2.05, 4.69) is 10.6 Å². The number of amides is 4. The third-order valence-corrected chi connectivity index (χ3v) is 3.19. The minimum absolute atomic E-state index is 0.134. The summed E-state index contributed by atoms with van der Waals surface area (Å²) >= 11 is 0. The summed E-state index contributed by atoms with van der Waals surface area (Å²) in [5.74, 6) is -1.72. The lowest BCUT2D eigenvalue weighted by atomic mass is 10.1. The monoisotopic (exact) mass is 330 g/mol. The highest BCUT2D eigenvalue weighted by Crippen LogP contribution is 2.06. The van der Waals surface area contributed by atoms with Gasteiger partial charge < -0.3 is 27.2 Å². The fraction of sp³-hybridized carbons (Fsp3) is 0.714. The first-order chi connectivity index (χ1) is 10.8. The third kappa shape index (κ3) is 13.1. The van der Waals surface area contributed by atoms with Crippen LogP contribution in [0.4, 0.5) is 4.79 Å². The maximum absolute atomic E-state index is 11.7. The number of carboxylic acid groups (broad SMARTS) is 1. The molecule has 23 heavy (non-hydrogen) atoms. The summed E-state index contributed by atoms with van der Waals surface area (Å²) in [7, 11) is 0. The highest BCUT2D eigenvalue weighted by Gasteiger charge is 2.17. The molecule has 132 valence electrons. The number of hydrogen-bond donors (Lipinski definition) is 5. The third-order valence-electron chi connectivity index (χ3n) is 3.19. The number of carboxylic acids is 1. The van der Waals surface area contributed by atoms with Crippen LogP contribution >= 0.6 is 0 Å². The van der Waals surface area contributed by atoms with Gasteiger partial charge in [0.15, 0.2) is 0 Å². The van der Waals surface area contributed by atoms with Gasteiger partial charge in [-0.2, -0.15) is 0 Å². The molecule has 9 heteroatoms. The molecule has 1 unspecified atom stereocenters. The van der Waals surface area contributed by atoms with E-state index in [1.165, 1.54) is 0 Å². The van der Waals surface area contributed by atoms with Crippen LogP contribution in [-0.2, 0) is 14.4 Å². The molecule has 0 fully saturated rings. The van der Waals surface area contributed by atoms with Crippen LogP contribution in [0.2, 0.25) is 0 Å². The van der Waals surface area contributed by atoms with Gasteiger partial charge in [-0.15, -0.1) is 0 Å². The molecule has 0 aromatic carbocycles. The molecule has 0 aliphatic heterocycles. The van der Waals surface area contributed by atoms with E-state index in [0.29, 0.717) is 32.2 Å². The Balaban J connectivity index is 3.85. The van der Waals surface area contributed by atoms with Gasteiger partial charge in [-0.05, 0) is 25.7 Å². The maximum Gasteiger partial charge on any atom is 0.312 e. The van der Waals surface area contributed by atoms with Crippen molar-refractivity contribution in [2.45, 2.75) is 57.4 Å². The van der Waals surface area contributed by atoms with Crippen molar-refractivity contribution >= 4 is 23.8 Å². The topological polar surface area (TPSA) is 165 Å². The number of nitrogens with one attached hydrogen (secondary N) is 2. The molecule has 0 saturated heterocycles. The first-order valence-corrected chi connectivity index (χ1v) is 7.66. The summed E-state index contributed by atoms with van der Waals surface area (Å²) in [6.07, 6.45) is 3.90. The molecule has 0 aliphatic carbocycles. The fourth-order valence-corrected chi connectivity index (χ4v) is 1.99. The van der Waals surface area contributed by atoms with Gasteiger partial charge in [-0.25, -0.2) is 4.79 Å². The number of nitrogens with two attached hydrogens (primary N) is 2. The lowest BCUT2D eigenvalue weighted by Gasteiger charge is -2.15. The SMILES string of the molecule is NC(=O)NCCCC(NC(=O)CCCCCCC(=O)O)C(N)=O. The normalized spacial score (nSPS) is 11.5. The van der Waals surface area contributed by atoms with Crippen LogP contribution in [0.25, 0.3) is 0 Å². The van der Waals surface area contributed by atoms with Crippen molar-refractivity contribution in [2.24, 2.45) is 11.5 Å². The van der Waals surface area contributed by atoms with Crippen molar-refractivity contribution in [3.8, 4) is 0 Å². The van der Waals surface area contributed by atoms with Gasteiger partial charge in [-0.1, -0.05) is 12.8 Å². The van der Waals surface area contributed by atoms with E-state index < -0.39 is 23.9 Å². The number of carbonyl (C=O) groups excluding carboxylic acids is 3. The quantitative estimate of drug-likeness (QED) is 0.295.